The summed E-state index contributed by atoms with van der Waals surface area (Å²) in [5.41, 5.74) is 3.44. The Hall–Kier alpha value is -3.88. The minimum Gasteiger partial charge on any atom is -0.495 e. The fraction of sp³-hybridized carbons (Fsp3) is 0.208. The normalized spacial score (nSPS) is 17.7. The lowest BCUT2D eigenvalue weighted by molar-refractivity contribution is -0.274. The van der Waals surface area contributed by atoms with E-state index < -0.39 is 18.2 Å². The van der Waals surface area contributed by atoms with Gasteiger partial charge in [-0.1, -0.05) is 24.3 Å². The van der Waals surface area contributed by atoms with Crippen LogP contribution in [0.3, 0.4) is 0 Å². The number of carboxylic acid groups (broad SMARTS) is 1. The Bertz CT molecular complexity index is 1190. The molecule has 4 rings (SSSR count). The predicted molar refractivity (Wildman–Crippen MR) is 115 cm³/mol. The summed E-state index contributed by atoms with van der Waals surface area (Å²) in [5.74, 6) is -1.22. The molecule has 0 radical (unpaired) electrons. The first-order chi connectivity index (χ1) is 15.7. The third-order valence-electron chi connectivity index (χ3n) is 5.20. The van der Waals surface area contributed by atoms with E-state index in [1.807, 2.05) is 6.07 Å². The highest BCUT2D eigenvalue weighted by atomic mass is 19.4. The van der Waals surface area contributed by atoms with Crippen molar-refractivity contribution < 1.29 is 32.5 Å². The van der Waals surface area contributed by atoms with E-state index in [1.54, 1.807) is 36.7 Å². The number of carboxylic acids is 1. The summed E-state index contributed by atoms with van der Waals surface area (Å²) in [6.45, 7) is 0. The fourth-order valence-corrected chi connectivity index (χ4v) is 3.49. The van der Waals surface area contributed by atoms with Gasteiger partial charge in [-0.05, 0) is 47.9 Å². The summed E-state index contributed by atoms with van der Waals surface area (Å²) >= 11 is 0. The number of alkyl halides is 3. The van der Waals surface area contributed by atoms with Crippen LogP contribution in [0.15, 0.2) is 54.9 Å². The Morgan fingerprint density at radius 3 is 2.45 bits per heavy atom. The third kappa shape index (κ3) is 5.49. The van der Waals surface area contributed by atoms with Gasteiger partial charge in [-0.25, -0.2) is 4.98 Å². The van der Waals surface area contributed by atoms with Crippen LogP contribution in [-0.4, -0.2) is 34.5 Å². The number of pyridine rings is 2. The molecular formula is C24H19F3N2O4. The Morgan fingerprint density at radius 2 is 1.82 bits per heavy atom. The molecule has 1 aliphatic carbocycles. The van der Waals surface area contributed by atoms with Crippen LogP contribution < -0.4 is 9.47 Å². The second kappa shape index (κ2) is 8.93. The summed E-state index contributed by atoms with van der Waals surface area (Å²) in [6.07, 6.45) is 2.62. The minimum absolute atomic E-state index is 0.183. The molecule has 6 nitrogen and oxygen atoms in total. The average molecular weight is 456 g/mol. The molecule has 0 aliphatic heterocycles. The van der Waals surface area contributed by atoms with Gasteiger partial charge in [0, 0.05) is 23.9 Å². The molecule has 0 unspecified atom stereocenters. The molecule has 33 heavy (non-hydrogen) atoms. The summed E-state index contributed by atoms with van der Waals surface area (Å²) in [4.78, 5) is 20.2. The van der Waals surface area contributed by atoms with Crippen LogP contribution in [0.25, 0.3) is 23.4 Å². The van der Waals surface area contributed by atoms with Gasteiger partial charge in [0.2, 0.25) is 0 Å². The molecule has 3 aromatic rings. The van der Waals surface area contributed by atoms with Crippen LogP contribution in [-0.2, 0) is 4.79 Å². The molecule has 0 amide bonds. The highest BCUT2D eigenvalue weighted by Crippen LogP contribution is 2.50. The lowest BCUT2D eigenvalue weighted by Crippen LogP contribution is -2.16. The van der Waals surface area contributed by atoms with Crippen molar-refractivity contribution in [3.63, 3.8) is 0 Å². The zero-order valence-corrected chi connectivity index (χ0v) is 17.4. The number of ether oxygens (including phenoxy) is 2. The van der Waals surface area contributed by atoms with Gasteiger partial charge < -0.3 is 14.6 Å². The van der Waals surface area contributed by atoms with Crippen molar-refractivity contribution in [1.29, 1.82) is 0 Å². The average Bonchev–Trinajstić information content (AvgIpc) is 3.59. The van der Waals surface area contributed by atoms with E-state index >= 15 is 0 Å². The molecule has 2 aromatic heterocycles. The maximum atomic E-state index is 12.3. The number of methoxy groups -OCH3 is 1. The van der Waals surface area contributed by atoms with Crippen molar-refractivity contribution in [1.82, 2.24) is 9.97 Å². The van der Waals surface area contributed by atoms with Crippen molar-refractivity contribution in [2.45, 2.75) is 18.7 Å². The number of hydrogen-bond donors (Lipinski definition) is 1. The highest BCUT2D eigenvalue weighted by Gasteiger charge is 2.46. The van der Waals surface area contributed by atoms with Crippen molar-refractivity contribution in [2.75, 3.05) is 7.11 Å². The minimum atomic E-state index is -4.73. The summed E-state index contributed by atoms with van der Waals surface area (Å²) < 4.78 is 46.1. The Labute approximate surface area is 187 Å². The number of benzene rings is 1. The van der Waals surface area contributed by atoms with E-state index in [0.29, 0.717) is 29.1 Å². The number of rotatable bonds is 7. The van der Waals surface area contributed by atoms with Gasteiger partial charge >= 0.3 is 12.3 Å². The Kier molecular flexibility index (Phi) is 6.04. The molecule has 2 atom stereocenters. The molecule has 9 heteroatoms. The lowest BCUT2D eigenvalue weighted by atomic mass is 10.1. The Balaban J connectivity index is 1.53. The molecule has 1 saturated carbocycles. The summed E-state index contributed by atoms with van der Waals surface area (Å²) in [7, 11) is 1.52. The topological polar surface area (TPSA) is 81.5 Å². The van der Waals surface area contributed by atoms with Gasteiger partial charge in [0.15, 0.2) is 0 Å². The molecule has 2 heterocycles. The quantitative estimate of drug-likeness (QED) is 0.512. The lowest BCUT2D eigenvalue weighted by Gasteiger charge is -2.10. The molecule has 0 bridgehead atoms. The van der Waals surface area contributed by atoms with E-state index in [1.165, 1.54) is 31.4 Å². The smallest absolute Gasteiger partial charge is 0.495 e. The molecule has 1 aromatic carbocycles. The first-order valence-corrected chi connectivity index (χ1v) is 10.0. The molecular weight excluding hydrogens is 437 g/mol. The van der Waals surface area contributed by atoms with Gasteiger partial charge in [-0.3, -0.25) is 9.78 Å². The second-order valence-electron chi connectivity index (χ2n) is 7.53. The number of aromatic nitrogens is 2. The van der Waals surface area contributed by atoms with Gasteiger partial charge in [0.1, 0.15) is 11.5 Å². The largest absolute Gasteiger partial charge is 0.573 e. The first-order valence-electron chi connectivity index (χ1n) is 10.0. The fourth-order valence-electron chi connectivity index (χ4n) is 3.49. The molecule has 1 fully saturated rings. The van der Waals surface area contributed by atoms with E-state index in [-0.39, 0.29) is 11.7 Å². The zero-order chi connectivity index (χ0) is 23.6. The van der Waals surface area contributed by atoms with E-state index in [4.69, 9.17) is 4.74 Å². The van der Waals surface area contributed by atoms with Gasteiger partial charge in [0.25, 0.3) is 0 Å². The van der Waals surface area contributed by atoms with Crippen LogP contribution in [0.5, 0.6) is 11.5 Å². The molecule has 0 spiro atoms. The van der Waals surface area contributed by atoms with Crippen LogP contribution in [0.4, 0.5) is 13.2 Å². The van der Waals surface area contributed by atoms with Crippen LogP contribution in [0.1, 0.15) is 29.2 Å². The van der Waals surface area contributed by atoms with Crippen molar-refractivity contribution in [3.8, 4) is 22.8 Å². The van der Waals surface area contributed by atoms with Gasteiger partial charge in [0.05, 0.1) is 24.4 Å². The van der Waals surface area contributed by atoms with Crippen molar-refractivity contribution in [3.05, 3.63) is 71.7 Å². The first kappa shape index (κ1) is 22.3. The molecule has 1 aliphatic rings. The van der Waals surface area contributed by atoms with Crippen molar-refractivity contribution >= 4 is 18.1 Å². The highest BCUT2D eigenvalue weighted by molar-refractivity contribution is 5.76. The number of carbonyl (C=O) groups is 1. The molecule has 0 saturated heterocycles. The SMILES string of the molecule is COc1ccc(-c2cncc(/C=C/c3ccc(OC(F)(F)F)cc3)c2)nc1[C@H]1C[C@@H]1C(=O)O. The number of hydrogen-bond acceptors (Lipinski definition) is 5. The van der Waals surface area contributed by atoms with E-state index in [9.17, 15) is 23.1 Å². The van der Waals surface area contributed by atoms with Gasteiger partial charge in [-0.2, -0.15) is 0 Å². The summed E-state index contributed by atoms with van der Waals surface area (Å²) in [5, 5.41) is 9.25. The zero-order valence-electron chi connectivity index (χ0n) is 17.4. The van der Waals surface area contributed by atoms with Gasteiger partial charge in [-0.15, -0.1) is 13.2 Å². The predicted octanol–water partition coefficient (Wildman–Crippen LogP) is 5.41. The number of aliphatic carboxylic acids is 1. The van der Waals surface area contributed by atoms with E-state index in [0.717, 1.165) is 11.1 Å². The van der Waals surface area contributed by atoms with Crippen LogP contribution in [0, 0.1) is 5.92 Å². The monoisotopic (exact) mass is 456 g/mol. The number of halogens is 3. The van der Waals surface area contributed by atoms with E-state index in [2.05, 4.69) is 14.7 Å². The van der Waals surface area contributed by atoms with Crippen LogP contribution in [0.2, 0.25) is 0 Å². The van der Waals surface area contributed by atoms with Crippen molar-refractivity contribution in [2.24, 2.45) is 5.92 Å². The molecule has 170 valence electrons. The summed E-state index contributed by atoms with van der Waals surface area (Å²) in [6, 6.07) is 10.9. The molecule has 1 N–H and O–H groups in total. The third-order valence-corrected chi connectivity index (χ3v) is 5.20. The second-order valence-corrected chi connectivity index (χ2v) is 7.53. The Morgan fingerprint density at radius 1 is 1.09 bits per heavy atom. The number of nitrogens with zero attached hydrogens (tertiary/aromatic N) is 2. The maximum absolute atomic E-state index is 12.3. The standard InChI is InChI=1S/C24H19F3N2O4/c1-32-21-9-8-20(29-22(21)18-11-19(18)23(30)31)16-10-15(12-28-13-16)3-2-14-4-6-17(7-5-14)33-24(25,26)27/h2-10,12-13,18-19H,11H2,1H3,(H,30,31)/b3-2+/t18-,19-/m0/s1. The maximum Gasteiger partial charge on any atom is 0.573 e. The van der Waals surface area contributed by atoms with Crippen LogP contribution >= 0.6 is 0 Å².